The summed E-state index contributed by atoms with van der Waals surface area (Å²) >= 11 is 6.26. The van der Waals surface area contributed by atoms with Gasteiger partial charge in [0.15, 0.2) is 0 Å². The number of aliphatic carboxylic acids is 1. The van der Waals surface area contributed by atoms with Gasteiger partial charge in [-0.15, -0.1) is 0 Å². The highest BCUT2D eigenvalue weighted by molar-refractivity contribution is 6.31. The molecular formula is C26H25ClFNO4. The molecule has 1 amide bonds. The lowest BCUT2D eigenvalue weighted by Crippen LogP contribution is -2.31. The van der Waals surface area contributed by atoms with Crippen LogP contribution in [0.4, 0.5) is 9.18 Å². The number of nitrogens with zero attached hydrogens (tertiary/aromatic N) is 1. The Kier molecular flexibility index (Phi) is 8.06. The van der Waals surface area contributed by atoms with E-state index in [2.05, 4.69) is 0 Å². The van der Waals surface area contributed by atoms with Crippen molar-refractivity contribution in [3.63, 3.8) is 0 Å². The van der Waals surface area contributed by atoms with Gasteiger partial charge < -0.3 is 14.7 Å². The molecule has 0 aliphatic rings. The number of halogens is 2. The Morgan fingerprint density at radius 2 is 1.76 bits per heavy atom. The number of carboxylic acid groups (broad SMARTS) is 1. The quantitative estimate of drug-likeness (QED) is 0.424. The summed E-state index contributed by atoms with van der Waals surface area (Å²) in [6.07, 6.45) is -0.613. The van der Waals surface area contributed by atoms with E-state index in [1.165, 1.54) is 12.1 Å². The zero-order valence-corrected chi connectivity index (χ0v) is 19.2. The van der Waals surface area contributed by atoms with Crippen molar-refractivity contribution in [1.29, 1.82) is 0 Å². The number of hydrogen-bond donors (Lipinski definition) is 1. The summed E-state index contributed by atoms with van der Waals surface area (Å²) in [4.78, 5) is 25.5. The summed E-state index contributed by atoms with van der Waals surface area (Å²) in [5.74, 6) is -1.28. The summed E-state index contributed by atoms with van der Waals surface area (Å²) in [5.41, 5.74) is 4.85. The molecule has 0 aromatic heterocycles. The summed E-state index contributed by atoms with van der Waals surface area (Å²) in [7, 11) is 0. The summed E-state index contributed by atoms with van der Waals surface area (Å²) in [5, 5.41) is 9.59. The summed E-state index contributed by atoms with van der Waals surface area (Å²) < 4.78 is 18.5. The van der Waals surface area contributed by atoms with Crippen LogP contribution >= 0.6 is 11.6 Å². The lowest BCUT2D eigenvalue weighted by atomic mass is 9.95. The second kappa shape index (κ2) is 11.0. The average Bonchev–Trinajstić information content (AvgIpc) is 2.76. The van der Waals surface area contributed by atoms with E-state index in [1.807, 2.05) is 32.0 Å². The highest BCUT2D eigenvalue weighted by Gasteiger charge is 2.17. The number of amides is 1. The molecule has 0 spiro atoms. The minimum atomic E-state index is -0.937. The van der Waals surface area contributed by atoms with E-state index in [0.29, 0.717) is 29.2 Å². The van der Waals surface area contributed by atoms with E-state index in [1.54, 1.807) is 35.2 Å². The van der Waals surface area contributed by atoms with Crippen LogP contribution < -0.4 is 0 Å². The molecule has 0 aliphatic heterocycles. The number of aryl methyl sites for hydroxylation is 1. The highest BCUT2D eigenvalue weighted by atomic mass is 35.5. The van der Waals surface area contributed by atoms with Gasteiger partial charge in [0.2, 0.25) is 0 Å². The lowest BCUT2D eigenvalue weighted by molar-refractivity contribution is -0.136. The Labute approximate surface area is 197 Å². The number of hydrogen-bond acceptors (Lipinski definition) is 3. The fourth-order valence-electron chi connectivity index (χ4n) is 3.55. The van der Waals surface area contributed by atoms with Gasteiger partial charge in [-0.25, -0.2) is 9.18 Å². The molecule has 5 nitrogen and oxygen atoms in total. The lowest BCUT2D eigenvalue weighted by Gasteiger charge is -2.23. The zero-order valence-electron chi connectivity index (χ0n) is 18.5. The minimum Gasteiger partial charge on any atom is -0.481 e. The molecule has 0 heterocycles. The molecule has 0 radical (unpaired) electrons. The molecule has 172 valence electrons. The van der Waals surface area contributed by atoms with E-state index >= 15 is 0 Å². The first-order valence-corrected chi connectivity index (χ1v) is 10.9. The molecule has 7 heteroatoms. The first-order chi connectivity index (χ1) is 15.7. The summed E-state index contributed by atoms with van der Waals surface area (Å²) in [6.45, 7) is 4.60. The molecule has 3 rings (SSSR count). The maximum atomic E-state index is 13.1. The van der Waals surface area contributed by atoms with Crippen molar-refractivity contribution in [3.8, 4) is 11.1 Å². The van der Waals surface area contributed by atoms with Crippen molar-refractivity contribution in [2.24, 2.45) is 0 Å². The molecule has 3 aromatic carbocycles. The van der Waals surface area contributed by atoms with E-state index in [4.69, 9.17) is 21.4 Å². The summed E-state index contributed by atoms with van der Waals surface area (Å²) in [6, 6.07) is 16.9. The van der Waals surface area contributed by atoms with Crippen LogP contribution in [0.25, 0.3) is 11.1 Å². The first kappa shape index (κ1) is 24.3. The Bertz CT molecular complexity index is 1150. The van der Waals surface area contributed by atoms with Crippen molar-refractivity contribution in [2.45, 2.75) is 33.4 Å². The third kappa shape index (κ3) is 6.80. The topological polar surface area (TPSA) is 66.8 Å². The second-order valence-corrected chi connectivity index (χ2v) is 8.21. The van der Waals surface area contributed by atoms with Crippen molar-refractivity contribution in [1.82, 2.24) is 4.90 Å². The Morgan fingerprint density at radius 1 is 1.03 bits per heavy atom. The van der Waals surface area contributed by atoms with Crippen LogP contribution in [-0.4, -0.2) is 28.6 Å². The third-order valence-corrected chi connectivity index (χ3v) is 5.38. The Hall–Kier alpha value is -3.38. The van der Waals surface area contributed by atoms with Gasteiger partial charge in [0.1, 0.15) is 12.4 Å². The molecule has 1 N–H and O–H groups in total. The van der Waals surface area contributed by atoms with E-state index in [-0.39, 0.29) is 18.8 Å². The largest absolute Gasteiger partial charge is 0.481 e. The zero-order chi connectivity index (χ0) is 24.0. The monoisotopic (exact) mass is 469 g/mol. The van der Waals surface area contributed by atoms with Gasteiger partial charge in [-0.1, -0.05) is 53.6 Å². The van der Waals surface area contributed by atoms with Crippen LogP contribution in [0.15, 0.2) is 60.7 Å². The van der Waals surface area contributed by atoms with Crippen LogP contribution in [0.3, 0.4) is 0 Å². The number of carbonyl (C=O) groups is 2. The van der Waals surface area contributed by atoms with Crippen LogP contribution in [-0.2, 0) is 29.1 Å². The van der Waals surface area contributed by atoms with Gasteiger partial charge in [0, 0.05) is 18.1 Å². The number of benzene rings is 3. The van der Waals surface area contributed by atoms with Gasteiger partial charge in [0.05, 0.1) is 6.42 Å². The van der Waals surface area contributed by atoms with Gasteiger partial charge in [-0.3, -0.25) is 4.79 Å². The molecule has 0 aliphatic carbocycles. The number of carboxylic acids is 1. The van der Waals surface area contributed by atoms with Crippen LogP contribution in [0.1, 0.15) is 29.2 Å². The van der Waals surface area contributed by atoms with Gasteiger partial charge in [0.25, 0.3) is 0 Å². The van der Waals surface area contributed by atoms with E-state index in [9.17, 15) is 14.0 Å². The van der Waals surface area contributed by atoms with Crippen LogP contribution in [0.5, 0.6) is 0 Å². The Morgan fingerprint density at radius 3 is 2.42 bits per heavy atom. The maximum Gasteiger partial charge on any atom is 0.410 e. The predicted octanol–water partition coefficient (Wildman–Crippen LogP) is 6.24. The van der Waals surface area contributed by atoms with Gasteiger partial charge >= 0.3 is 12.1 Å². The fraction of sp³-hybridized carbons (Fsp3) is 0.231. The average molecular weight is 470 g/mol. The predicted molar refractivity (Wildman–Crippen MR) is 126 cm³/mol. The standard InChI is InChI=1S/C26H25ClFNO4/c1-3-29(26(32)33-16-18-5-7-23(28)8-6-18)15-21-10-17(2)4-9-24(21)20-11-19(13-25(30)31)12-22(27)14-20/h4-12,14H,3,13,15-16H2,1-2H3,(H,30,31). The molecule has 0 atom stereocenters. The first-order valence-electron chi connectivity index (χ1n) is 10.5. The highest BCUT2D eigenvalue weighted by Crippen LogP contribution is 2.30. The van der Waals surface area contributed by atoms with Crippen molar-refractivity contribution < 1.29 is 23.8 Å². The van der Waals surface area contributed by atoms with Crippen molar-refractivity contribution in [3.05, 3.63) is 93.8 Å². The Balaban J connectivity index is 1.83. The third-order valence-electron chi connectivity index (χ3n) is 5.16. The SMILES string of the molecule is CCN(Cc1cc(C)ccc1-c1cc(Cl)cc(CC(=O)O)c1)C(=O)OCc1ccc(F)cc1. The van der Waals surface area contributed by atoms with E-state index < -0.39 is 12.1 Å². The molecule has 0 saturated carbocycles. The second-order valence-electron chi connectivity index (χ2n) is 7.77. The molecule has 0 unspecified atom stereocenters. The number of carbonyl (C=O) groups excluding carboxylic acids is 1. The molecule has 0 bridgehead atoms. The fourth-order valence-corrected chi connectivity index (χ4v) is 3.80. The minimum absolute atomic E-state index is 0.0448. The van der Waals surface area contributed by atoms with Crippen molar-refractivity contribution in [2.75, 3.05) is 6.54 Å². The molecule has 0 fully saturated rings. The maximum absolute atomic E-state index is 13.1. The number of ether oxygens (including phenoxy) is 1. The normalized spacial score (nSPS) is 10.7. The number of rotatable bonds is 8. The van der Waals surface area contributed by atoms with Gasteiger partial charge in [-0.2, -0.15) is 0 Å². The smallest absolute Gasteiger partial charge is 0.410 e. The van der Waals surface area contributed by atoms with E-state index in [0.717, 1.165) is 22.3 Å². The van der Waals surface area contributed by atoms with Gasteiger partial charge in [-0.05, 0) is 65.9 Å². The molecule has 0 saturated heterocycles. The van der Waals surface area contributed by atoms with Crippen LogP contribution in [0, 0.1) is 12.7 Å². The van der Waals surface area contributed by atoms with Crippen LogP contribution in [0.2, 0.25) is 5.02 Å². The molecule has 33 heavy (non-hydrogen) atoms. The van der Waals surface area contributed by atoms with Crippen molar-refractivity contribution >= 4 is 23.7 Å². The molecule has 3 aromatic rings. The molecular weight excluding hydrogens is 445 g/mol.